The van der Waals surface area contributed by atoms with Gasteiger partial charge in [-0.15, -0.1) is 0 Å². The summed E-state index contributed by atoms with van der Waals surface area (Å²) < 4.78 is 5.23. The van der Waals surface area contributed by atoms with E-state index in [1.54, 1.807) is 31.2 Å². The molecule has 0 bridgehead atoms. The van der Waals surface area contributed by atoms with Crippen LogP contribution in [-0.2, 0) is 4.79 Å². The van der Waals surface area contributed by atoms with E-state index in [9.17, 15) is 9.90 Å². The zero-order valence-electron chi connectivity index (χ0n) is 12.8. The monoisotopic (exact) mass is 335 g/mol. The van der Waals surface area contributed by atoms with Crippen molar-refractivity contribution in [3.63, 3.8) is 0 Å². The minimum atomic E-state index is -0.862. The number of carboxylic acids is 1. The molecule has 1 aliphatic heterocycles. The Morgan fingerprint density at radius 2 is 2.17 bits per heavy atom. The third kappa shape index (κ3) is 3.54. The molecule has 0 unspecified atom stereocenters. The Morgan fingerprint density at radius 1 is 1.43 bits per heavy atom. The quantitative estimate of drug-likeness (QED) is 0.925. The highest BCUT2D eigenvalue weighted by atomic mass is 35.5. The summed E-state index contributed by atoms with van der Waals surface area (Å²) in [4.78, 5) is 18.0. The topological polar surface area (TPSA) is 79.5 Å². The van der Waals surface area contributed by atoms with E-state index >= 15 is 0 Å². The van der Waals surface area contributed by atoms with Crippen molar-refractivity contribution in [2.24, 2.45) is 0 Å². The summed E-state index contributed by atoms with van der Waals surface area (Å²) >= 11 is 6.00. The molecule has 122 valence electrons. The van der Waals surface area contributed by atoms with Crippen molar-refractivity contribution in [2.45, 2.75) is 31.7 Å². The van der Waals surface area contributed by atoms with Crippen LogP contribution in [0, 0.1) is 6.92 Å². The van der Waals surface area contributed by atoms with E-state index < -0.39 is 12.0 Å². The number of aromatic nitrogens is 2. The SMILES string of the molecule is Cc1noc(C2CCN([C@@H](C(=O)O)c3cccc(Cl)c3)CC2)n1. The second-order valence-corrected chi connectivity index (χ2v) is 6.22. The highest BCUT2D eigenvalue weighted by Crippen LogP contribution is 2.32. The smallest absolute Gasteiger partial charge is 0.325 e. The number of likely N-dealkylation sites (tertiary alicyclic amines) is 1. The van der Waals surface area contributed by atoms with Gasteiger partial charge in [-0.3, -0.25) is 9.69 Å². The number of hydrogen-bond acceptors (Lipinski definition) is 5. The number of rotatable bonds is 4. The van der Waals surface area contributed by atoms with Crippen molar-refractivity contribution in [3.05, 3.63) is 46.6 Å². The number of benzene rings is 1. The van der Waals surface area contributed by atoms with Crippen LogP contribution >= 0.6 is 11.6 Å². The Balaban J connectivity index is 1.72. The van der Waals surface area contributed by atoms with Crippen LogP contribution < -0.4 is 0 Å². The normalized spacial score (nSPS) is 18.0. The first-order chi connectivity index (χ1) is 11.0. The first-order valence-electron chi connectivity index (χ1n) is 7.57. The lowest BCUT2D eigenvalue weighted by atomic mass is 9.94. The molecule has 0 radical (unpaired) electrons. The van der Waals surface area contributed by atoms with Gasteiger partial charge in [0.1, 0.15) is 6.04 Å². The molecule has 1 aromatic heterocycles. The molecule has 0 amide bonds. The molecule has 2 aromatic rings. The van der Waals surface area contributed by atoms with Crippen LogP contribution in [0.4, 0.5) is 0 Å². The first kappa shape index (κ1) is 16.0. The van der Waals surface area contributed by atoms with Crippen LogP contribution in [0.5, 0.6) is 0 Å². The molecular weight excluding hydrogens is 318 g/mol. The van der Waals surface area contributed by atoms with Gasteiger partial charge in [0, 0.05) is 24.0 Å². The maximum atomic E-state index is 11.7. The molecule has 6 nitrogen and oxygen atoms in total. The predicted molar refractivity (Wildman–Crippen MR) is 84.4 cm³/mol. The van der Waals surface area contributed by atoms with Gasteiger partial charge in [0.25, 0.3) is 0 Å². The molecule has 0 spiro atoms. The van der Waals surface area contributed by atoms with Gasteiger partial charge in [-0.05, 0) is 37.5 Å². The minimum absolute atomic E-state index is 0.196. The van der Waals surface area contributed by atoms with Crippen LogP contribution in [0.15, 0.2) is 28.8 Å². The van der Waals surface area contributed by atoms with Gasteiger partial charge in [-0.2, -0.15) is 4.98 Å². The number of aliphatic carboxylic acids is 1. The zero-order valence-corrected chi connectivity index (χ0v) is 13.5. The van der Waals surface area contributed by atoms with Crippen molar-refractivity contribution in [3.8, 4) is 0 Å². The first-order valence-corrected chi connectivity index (χ1v) is 7.95. The van der Waals surface area contributed by atoms with E-state index in [0.717, 1.165) is 12.8 Å². The highest BCUT2D eigenvalue weighted by Gasteiger charge is 2.33. The molecule has 7 heteroatoms. The van der Waals surface area contributed by atoms with Crippen LogP contribution in [0.3, 0.4) is 0 Å². The summed E-state index contributed by atoms with van der Waals surface area (Å²) in [7, 11) is 0. The Hall–Kier alpha value is -1.92. The summed E-state index contributed by atoms with van der Waals surface area (Å²) in [6.45, 7) is 3.12. The number of piperidine rings is 1. The Bertz CT molecular complexity index is 695. The van der Waals surface area contributed by atoms with Gasteiger partial charge in [-0.1, -0.05) is 28.9 Å². The van der Waals surface area contributed by atoms with E-state index in [2.05, 4.69) is 10.1 Å². The molecule has 23 heavy (non-hydrogen) atoms. The van der Waals surface area contributed by atoms with Gasteiger partial charge < -0.3 is 9.63 Å². The summed E-state index contributed by atoms with van der Waals surface area (Å²) in [5.74, 6) is 0.613. The van der Waals surface area contributed by atoms with Gasteiger partial charge in [0.2, 0.25) is 5.89 Å². The lowest BCUT2D eigenvalue weighted by Crippen LogP contribution is -2.39. The number of carbonyl (C=O) groups is 1. The molecule has 1 aromatic carbocycles. The lowest BCUT2D eigenvalue weighted by molar-refractivity contribution is -0.144. The van der Waals surface area contributed by atoms with Crippen molar-refractivity contribution in [2.75, 3.05) is 13.1 Å². The molecule has 1 atom stereocenters. The summed E-state index contributed by atoms with van der Waals surface area (Å²) in [6, 6.07) is 6.36. The Morgan fingerprint density at radius 3 is 2.74 bits per heavy atom. The number of hydrogen-bond donors (Lipinski definition) is 1. The zero-order chi connectivity index (χ0) is 16.4. The van der Waals surface area contributed by atoms with Crippen molar-refractivity contribution in [1.82, 2.24) is 15.0 Å². The van der Waals surface area contributed by atoms with E-state index in [1.807, 2.05) is 4.90 Å². The van der Waals surface area contributed by atoms with Crippen LogP contribution in [-0.4, -0.2) is 39.2 Å². The molecule has 1 fully saturated rings. The Kier molecular flexibility index (Phi) is 4.63. The number of aryl methyl sites for hydroxylation is 1. The van der Waals surface area contributed by atoms with Gasteiger partial charge in [0.15, 0.2) is 5.82 Å². The van der Waals surface area contributed by atoms with Crippen molar-refractivity contribution in [1.29, 1.82) is 0 Å². The van der Waals surface area contributed by atoms with Gasteiger partial charge >= 0.3 is 5.97 Å². The van der Waals surface area contributed by atoms with E-state index in [0.29, 0.717) is 35.4 Å². The van der Waals surface area contributed by atoms with E-state index in [1.165, 1.54) is 0 Å². The lowest BCUT2D eigenvalue weighted by Gasteiger charge is -2.34. The van der Waals surface area contributed by atoms with Crippen LogP contribution in [0.1, 0.15) is 42.1 Å². The maximum Gasteiger partial charge on any atom is 0.325 e. The number of carboxylic acid groups (broad SMARTS) is 1. The number of nitrogens with zero attached hydrogens (tertiary/aromatic N) is 3. The third-order valence-corrected chi connectivity index (χ3v) is 4.42. The molecule has 2 heterocycles. The molecule has 3 rings (SSSR count). The predicted octanol–water partition coefficient (Wildman–Crippen LogP) is 3.04. The van der Waals surface area contributed by atoms with Crippen molar-refractivity contribution >= 4 is 17.6 Å². The van der Waals surface area contributed by atoms with Crippen LogP contribution in [0.25, 0.3) is 0 Å². The standard InChI is InChI=1S/C16H18ClN3O3/c1-10-18-15(23-19-10)11-5-7-20(8-6-11)14(16(21)22)12-3-2-4-13(17)9-12/h2-4,9,11,14H,5-8H2,1H3,(H,21,22)/t14-/m1/s1. The molecule has 0 saturated carbocycles. The summed E-state index contributed by atoms with van der Waals surface area (Å²) in [6.07, 6.45) is 1.60. The molecule has 0 aliphatic carbocycles. The van der Waals surface area contributed by atoms with Gasteiger partial charge in [0.05, 0.1) is 0 Å². The fourth-order valence-corrected chi connectivity index (χ4v) is 3.27. The third-order valence-electron chi connectivity index (χ3n) is 4.19. The molecule has 1 saturated heterocycles. The van der Waals surface area contributed by atoms with Crippen molar-refractivity contribution < 1.29 is 14.4 Å². The highest BCUT2D eigenvalue weighted by molar-refractivity contribution is 6.30. The Labute approximate surface area is 139 Å². The fourth-order valence-electron chi connectivity index (χ4n) is 3.07. The minimum Gasteiger partial charge on any atom is -0.480 e. The second kappa shape index (κ2) is 6.68. The molecule has 1 N–H and O–H groups in total. The van der Waals surface area contributed by atoms with Gasteiger partial charge in [-0.25, -0.2) is 0 Å². The van der Waals surface area contributed by atoms with Crippen LogP contribution in [0.2, 0.25) is 5.02 Å². The number of halogens is 1. The second-order valence-electron chi connectivity index (χ2n) is 5.79. The average Bonchev–Trinajstić information content (AvgIpc) is 2.94. The summed E-state index contributed by atoms with van der Waals surface area (Å²) in [5.41, 5.74) is 0.706. The summed E-state index contributed by atoms with van der Waals surface area (Å²) in [5, 5.41) is 14.0. The molecular formula is C16H18ClN3O3. The fraction of sp³-hybridized carbons (Fsp3) is 0.438. The maximum absolute atomic E-state index is 11.7. The van der Waals surface area contributed by atoms with E-state index in [4.69, 9.17) is 16.1 Å². The van der Waals surface area contributed by atoms with E-state index in [-0.39, 0.29) is 5.92 Å². The molecule has 1 aliphatic rings. The largest absolute Gasteiger partial charge is 0.480 e. The average molecular weight is 336 g/mol.